The molecule has 1 atom stereocenters. The summed E-state index contributed by atoms with van der Waals surface area (Å²) in [6.07, 6.45) is 1.50. The summed E-state index contributed by atoms with van der Waals surface area (Å²) in [5.74, 6) is -1.50. The number of sulfonamides is 1. The van der Waals surface area contributed by atoms with Gasteiger partial charge in [-0.1, -0.05) is 6.07 Å². The van der Waals surface area contributed by atoms with Crippen molar-refractivity contribution < 1.29 is 32.6 Å². The van der Waals surface area contributed by atoms with E-state index in [-0.39, 0.29) is 34.1 Å². The summed E-state index contributed by atoms with van der Waals surface area (Å²) in [5, 5.41) is 16.6. The zero-order valence-electron chi connectivity index (χ0n) is 20.1. The third-order valence-corrected chi connectivity index (χ3v) is 6.60. The zero-order chi connectivity index (χ0) is 26.7. The number of amides is 1. The fourth-order valence-corrected chi connectivity index (χ4v) is 4.60. The number of rotatable bonds is 8. The van der Waals surface area contributed by atoms with Crippen molar-refractivity contribution in [3.63, 3.8) is 0 Å². The lowest BCUT2D eigenvalue weighted by molar-refractivity contribution is -0.132. The molecule has 1 aromatic heterocycles. The molecule has 4 rings (SSSR count). The van der Waals surface area contributed by atoms with Crippen LogP contribution in [0.4, 0.5) is 5.69 Å². The molecule has 2 heterocycles. The van der Waals surface area contributed by atoms with E-state index >= 15 is 0 Å². The normalized spacial score (nSPS) is 17.2. The topological polar surface area (TPSA) is 149 Å². The molecule has 1 aliphatic heterocycles. The fraction of sp³-hybridized carbons (Fsp3) is 0.192. The molecule has 11 heteroatoms. The predicted octanol–water partition coefficient (Wildman–Crippen LogP) is 3.15. The van der Waals surface area contributed by atoms with Crippen molar-refractivity contribution in [3.8, 4) is 11.5 Å². The molecular formula is C26H25N3O7S. The lowest BCUT2D eigenvalue weighted by Crippen LogP contribution is -2.29. The monoisotopic (exact) mass is 523 g/mol. The van der Waals surface area contributed by atoms with Gasteiger partial charge in [0, 0.05) is 18.0 Å². The first-order valence-corrected chi connectivity index (χ1v) is 13.0. The van der Waals surface area contributed by atoms with Gasteiger partial charge in [-0.05, 0) is 62.4 Å². The number of ketones is 1. The van der Waals surface area contributed by atoms with Crippen molar-refractivity contribution in [1.29, 1.82) is 0 Å². The molecule has 37 heavy (non-hydrogen) atoms. The second kappa shape index (κ2) is 10.4. The Morgan fingerprint density at radius 2 is 1.73 bits per heavy atom. The molecule has 0 aliphatic carbocycles. The zero-order valence-corrected chi connectivity index (χ0v) is 20.9. The summed E-state index contributed by atoms with van der Waals surface area (Å²) in [4.78, 5) is 31.9. The second-order valence-electron chi connectivity index (χ2n) is 7.99. The molecule has 192 valence electrons. The van der Waals surface area contributed by atoms with Crippen LogP contribution in [0.3, 0.4) is 0 Å². The molecule has 3 aromatic rings. The lowest BCUT2D eigenvalue weighted by Gasteiger charge is -2.25. The van der Waals surface area contributed by atoms with E-state index in [1.54, 1.807) is 43.3 Å². The number of anilines is 1. The maximum absolute atomic E-state index is 13.3. The van der Waals surface area contributed by atoms with Gasteiger partial charge in [0.25, 0.3) is 11.7 Å². The van der Waals surface area contributed by atoms with Gasteiger partial charge in [-0.15, -0.1) is 0 Å². The predicted molar refractivity (Wildman–Crippen MR) is 136 cm³/mol. The third kappa shape index (κ3) is 5.04. The largest absolute Gasteiger partial charge is 0.507 e. The summed E-state index contributed by atoms with van der Waals surface area (Å²) in [5.41, 5.74) is 0.557. The van der Waals surface area contributed by atoms with E-state index in [0.29, 0.717) is 18.1 Å². The van der Waals surface area contributed by atoms with Gasteiger partial charge in [0.15, 0.2) is 0 Å². The van der Waals surface area contributed by atoms with E-state index in [4.69, 9.17) is 14.6 Å². The number of aromatic nitrogens is 1. The summed E-state index contributed by atoms with van der Waals surface area (Å²) < 4.78 is 34.6. The van der Waals surface area contributed by atoms with Gasteiger partial charge in [-0.2, -0.15) is 0 Å². The van der Waals surface area contributed by atoms with Crippen molar-refractivity contribution in [1.82, 2.24) is 4.98 Å². The Morgan fingerprint density at radius 1 is 1.03 bits per heavy atom. The third-order valence-electron chi connectivity index (χ3n) is 5.67. The second-order valence-corrected chi connectivity index (χ2v) is 9.55. The van der Waals surface area contributed by atoms with Gasteiger partial charge in [0.1, 0.15) is 23.3 Å². The Balaban J connectivity index is 1.91. The summed E-state index contributed by atoms with van der Waals surface area (Å²) in [6.45, 7) is 4.31. The number of hydrogen-bond acceptors (Lipinski definition) is 8. The molecule has 10 nitrogen and oxygen atoms in total. The number of hydrogen-bond donors (Lipinski definition) is 2. The van der Waals surface area contributed by atoms with Gasteiger partial charge in [0.2, 0.25) is 10.0 Å². The van der Waals surface area contributed by atoms with Crippen LogP contribution in [-0.2, 0) is 19.6 Å². The van der Waals surface area contributed by atoms with Crippen LogP contribution in [0.25, 0.3) is 5.76 Å². The highest BCUT2D eigenvalue weighted by Gasteiger charge is 2.48. The smallest absolute Gasteiger partial charge is 0.300 e. The fourth-order valence-electron chi connectivity index (χ4n) is 4.09. The summed E-state index contributed by atoms with van der Waals surface area (Å²) in [7, 11) is -3.97. The van der Waals surface area contributed by atoms with Crippen LogP contribution in [0.2, 0.25) is 0 Å². The first kappa shape index (κ1) is 25.9. The molecule has 0 bridgehead atoms. The van der Waals surface area contributed by atoms with Crippen molar-refractivity contribution in [2.45, 2.75) is 24.8 Å². The molecule has 1 unspecified atom stereocenters. The number of pyridine rings is 1. The molecule has 0 radical (unpaired) electrons. The Labute approximate surface area is 214 Å². The molecule has 1 fully saturated rings. The van der Waals surface area contributed by atoms with E-state index in [9.17, 15) is 23.1 Å². The van der Waals surface area contributed by atoms with Crippen LogP contribution in [0.5, 0.6) is 11.5 Å². The number of aliphatic hydroxyl groups excluding tert-OH is 1. The molecule has 2 aromatic carbocycles. The SMILES string of the molecule is CCOc1ccc(/C(O)=C2/C(=O)C(=O)N(c3ccc(S(N)(=O)=O)cc3)C2c2ccccn2)c(OCC)c1. The maximum Gasteiger partial charge on any atom is 0.300 e. The van der Waals surface area contributed by atoms with E-state index in [1.165, 1.54) is 30.5 Å². The van der Waals surface area contributed by atoms with E-state index in [0.717, 1.165) is 4.90 Å². The number of carbonyl (C=O) groups is 2. The lowest BCUT2D eigenvalue weighted by atomic mass is 9.97. The number of nitrogens with two attached hydrogens (primary N) is 1. The molecule has 0 saturated carbocycles. The first-order chi connectivity index (χ1) is 17.7. The van der Waals surface area contributed by atoms with Crippen LogP contribution < -0.4 is 19.5 Å². The van der Waals surface area contributed by atoms with Crippen LogP contribution in [0.1, 0.15) is 31.1 Å². The molecule has 0 spiro atoms. The van der Waals surface area contributed by atoms with E-state index in [2.05, 4.69) is 4.98 Å². The van der Waals surface area contributed by atoms with E-state index in [1.807, 2.05) is 6.92 Å². The average molecular weight is 524 g/mol. The summed E-state index contributed by atoms with van der Waals surface area (Å²) >= 11 is 0. The number of aliphatic hydroxyl groups is 1. The van der Waals surface area contributed by atoms with Gasteiger partial charge in [-0.3, -0.25) is 19.5 Å². The van der Waals surface area contributed by atoms with Gasteiger partial charge < -0.3 is 14.6 Å². The summed E-state index contributed by atoms with van der Waals surface area (Å²) in [6, 6.07) is 13.9. The molecular weight excluding hydrogens is 498 g/mol. The number of benzene rings is 2. The van der Waals surface area contributed by atoms with Crippen LogP contribution in [0, 0.1) is 0 Å². The standard InChI is InChI=1S/C26H25N3O7S/c1-3-35-17-10-13-19(21(15-17)36-4-2)24(30)22-23(20-7-5-6-14-28-20)29(26(32)25(22)31)16-8-11-18(12-9-16)37(27,33)34/h5-15,23,30H,3-4H2,1-2H3,(H2,27,33,34)/b24-22-. The number of nitrogens with zero attached hydrogens (tertiary/aromatic N) is 2. The Hall–Kier alpha value is -4.22. The van der Waals surface area contributed by atoms with Crippen LogP contribution in [-0.4, -0.2) is 43.4 Å². The number of Topliss-reactive ketones (excluding diaryl/α,β-unsaturated/α-hetero) is 1. The number of carbonyl (C=O) groups excluding carboxylic acids is 2. The number of primary sulfonamides is 1. The van der Waals surface area contributed by atoms with Gasteiger partial charge >= 0.3 is 0 Å². The average Bonchev–Trinajstić information content (AvgIpc) is 3.14. The molecule has 3 N–H and O–H groups in total. The molecule has 1 amide bonds. The van der Waals surface area contributed by atoms with Gasteiger partial charge in [0.05, 0.1) is 34.9 Å². The molecule has 1 aliphatic rings. The minimum absolute atomic E-state index is 0.155. The quantitative estimate of drug-likeness (QED) is 0.260. The van der Waals surface area contributed by atoms with E-state index < -0.39 is 33.5 Å². The maximum atomic E-state index is 13.3. The number of ether oxygens (including phenoxy) is 2. The minimum atomic E-state index is -3.97. The highest BCUT2D eigenvalue weighted by molar-refractivity contribution is 7.89. The minimum Gasteiger partial charge on any atom is -0.507 e. The Bertz CT molecular complexity index is 1470. The van der Waals surface area contributed by atoms with Crippen molar-refractivity contribution in [2.24, 2.45) is 5.14 Å². The van der Waals surface area contributed by atoms with Crippen LogP contribution >= 0.6 is 0 Å². The Morgan fingerprint density at radius 3 is 2.32 bits per heavy atom. The molecule has 1 saturated heterocycles. The van der Waals surface area contributed by atoms with Crippen molar-refractivity contribution in [3.05, 3.63) is 83.7 Å². The Kier molecular flexibility index (Phi) is 7.28. The first-order valence-electron chi connectivity index (χ1n) is 11.4. The van der Waals surface area contributed by atoms with Crippen LogP contribution in [0.15, 0.2) is 77.3 Å². The highest BCUT2D eigenvalue weighted by atomic mass is 32.2. The van der Waals surface area contributed by atoms with Crippen molar-refractivity contribution >= 4 is 33.2 Å². The highest BCUT2D eigenvalue weighted by Crippen LogP contribution is 2.43. The van der Waals surface area contributed by atoms with Crippen molar-refractivity contribution in [2.75, 3.05) is 18.1 Å². The van der Waals surface area contributed by atoms with Gasteiger partial charge in [-0.25, -0.2) is 13.6 Å².